The molecule has 118 valence electrons. The molecular weight excluding hydrogens is 286 g/mol. The van der Waals surface area contributed by atoms with Crippen molar-refractivity contribution in [2.24, 2.45) is 0 Å². The molecule has 0 unspecified atom stereocenters. The van der Waals surface area contributed by atoms with E-state index in [9.17, 15) is 5.26 Å². The van der Waals surface area contributed by atoms with Gasteiger partial charge in [-0.05, 0) is 31.2 Å². The van der Waals surface area contributed by atoms with E-state index < -0.39 is 0 Å². The SMILES string of the molecule is COCCNc1[nH+]c(-c2ccccc2)c2c(c1C#N)CCCC2. The third kappa shape index (κ3) is 3.20. The number of fused-ring (bicyclic) bond motifs is 1. The molecule has 0 fully saturated rings. The van der Waals surface area contributed by atoms with Crippen molar-refractivity contribution in [3.05, 3.63) is 47.0 Å². The normalized spacial score (nSPS) is 13.2. The Morgan fingerprint density at radius 3 is 2.61 bits per heavy atom. The molecular formula is C19H22N3O+. The van der Waals surface area contributed by atoms with Crippen molar-refractivity contribution in [3.63, 3.8) is 0 Å². The predicted octanol–water partition coefficient (Wildman–Crippen LogP) is 2.98. The minimum atomic E-state index is 0.608. The van der Waals surface area contributed by atoms with Gasteiger partial charge in [0.15, 0.2) is 0 Å². The molecule has 2 aromatic rings. The Labute approximate surface area is 137 Å². The molecule has 0 amide bonds. The average Bonchev–Trinajstić information content (AvgIpc) is 2.62. The zero-order valence-corrected chi connectivity index (χ0v) is 13.5. The van der Waals surface area contributed by atoms with E-state index in [-0.39, 0.29) is 0 Å². The van der Waals surface area contributed by atoms with E-state index in [1.54, 1.807) is 7.11 Å². The molecule has 4 heteroatoms. The van der Waals surface area contributed by atoms with Crippen molar-refractivity contribution < 1.29 is 9.72 Å². The average molecular weight is 308 g/mol. The monoisotopic (exact) mass is 308 g/mol. The smallest absolute Gasteiger partial charge is 0.291 e. The van der Waals surface area contributed by atoms with Crippen molar-refractivity contribution in [1.82, 2.24) is 0 Å². The molecule has 3 rings (SSSR count). The van der Waals surface area contributed by atoms with Crippen LogP contribution >= 0.6 is 0 Å². The Bertz CT molecular complexity index is 720. The van der Waals surface area contributed by atoms with Gasteiger partial charge >= 0.3 is 0 Å². The molecule has 23 heavy (non-hydrogen) atoms. The highest BCUT2D eigenvalue weighted by Crippen LogP contribution is 2.32. The molecule has 1 aromatic heterocycles. The van der Waals surface area contributed by atoms with Crippen LogP contribution < -0.4 is 10.3 Å². The number of benzene rings is 1. The first-order valence-electron chi connectivity index (χ1n) is 8.14. The fraction of sp³-hybridized carbons (Fsp3) is 0.368. The second-order valence-corrected chi connectivity index (χ2v) is 5.81. The lowest BCUT2D eigenvalue weighted by Crippen LogP contribution is -2.25. The summed E-state index contributed by atoms with van der Waals surface area (Å²) >= 11 is 0. The van der Waals surface area contributed by atoms with Crippen LogP contribution in [0.25, 0.3) is 11.3 Å². The van der Waals surface area contributed by atoms with E-state index in [4.69, 9.17) is 4.74 Å². The highest BCUT2D eigenvalue weighted by Gasteiger charge is 2.26. The van der Waals surface area contributed by atoms with E-state index in [0.717, 1.165) is 36.3 Å². The Morgan fingerprint density at radius 2 is 1.91 bits per heavy atom. The Kier molecular flexibility index (Phi) is 4.89. The Hall–Kier alpha value is -2.38. The van der Waals surface area contributed by atoms with E-state index in [1.807, 2.05) is 6.07 Å². The van der Waals surface area contributed by atoms with Gasteiger partial charge in [-0.3, -0.25) is 5.32 Å². The lowest BCUT2D eigenvalue weighted by Gasteiger charge is -2.20. The maximum absolute atomic E-state index is 9.65. The molecule has 0 bridgehead atoms. The summed E-state index contributed by atoms with van der Waals surface area (Å²) in [7, 11) is 1.68. The van der Waals surface area contributed by atoms with Crippen molar-refractivity contribution in [3.8, 4) is 17.3 Å². The topological polar surface area (TPSA) is 59.2 Å². The van der Waals surface area contributed by atoms with Gasteiger partial charge in [-0.2, -0.15) is 5.26 Å². The van der Waals surface area contributed by atoms with Gasteiger partial charge in [0, 0.05) is 18.2 Å². The molecule has 0 aliphatic heterocycles. The number of H-pyrrole nitrogens is 1. The summed E-state index contributed by atoms with van der Waals surface area (Å²) in [4.78, 5) is 3.48. The van der Waals surface area contributed by atoms with Gasteiger partial charge in [0.1, 0.15) is 23.9 Å². The first kappa shape index (κ1) is 15.5. The number of aromatic nitrogens is 1. The van der Waals surface area contributed by atoms with Gasteiger partial charge in [-0.25, -0.2) is 4.98 Å². The van der Waals surface area contributed by atoms with Crippen LogP contribution in [0.2, 0.25) is 0 Å². The summed E-state index contributed by atoms with van der Waals surface area (Å²) in [6.45, 7) is 1.28. The number of nitrogens with zero attached hydrogens (tertiary/aromatic N) is 1. The zero-order chi connectivity index (χ0) is 16.1. The number of hydrogen-bond acceptors (Lipinski definition) is 3. The highest BCUT2D eigenvalue weighted by atomic mass is 16.5. The molecule has 1 aliphatic carbocycles. The number of rotatable bonds is 5. The van der Waals surface area contributed by atoms with E-state index in [2.05, 4.69) is 40.6 Å². The van der Waals surface area contributed by atoms with Crippen LogP contribution in [0.3, 0.4) is 0 Å². The Morgan fingerprint density at radius 1 is 1.17 bits per heavy atom. The standard InChI is InChI=1S/C19H21N3O/c1-23-12-11-21-19-17(13-20)15-9-5-6-10-16(15)18(22-19)14-7-3-2-4-8-14/h2-4,7-8H,5-6,9-12H2,1H3,(H,21,22)/p+1. The van der Waals surface area contributed by atoms with Crippen LogP contribution in [-0.4, -0.2) is 20.3 Å². The number of hydrogen-bond donors (Lipinski definition) is 1. The molecule has 1 aromatic carbocycles. The largest absolute Gasteiger partial charge is 0.381 e. The third-order valence-electron chi connectivity index (χ3n) is 4.35. The molecule has 0 spiro atoms. The third-order valence-corrected chi connectivity index (χ3v) is 4.35. The summed E-state index contributed by atoms with van der Waals surface area (Å²) in [5.41, 5.74) is 5.58. The number of methoxy groups -OCH3 is 1. The Balaban J connectivity index is 2.11. The van der Waals surface area contributed by atoms with E-state index in [0.29, 0.717) is 13.2 Å². The first-order chi connectivity index (χ1) is 11.3. The highest BCUT2D eigenvalue weighted by molar-refractivity contribution is 5.67. The number of aromatic amines is 1. The van der Waals surface area contributed by atoms with Gasteiger partial charge < -0.3 is 4.74 Å². The van der Waals surface area contributed by atoms with Gasteiger partial charge in [0.2, 0.25) is 0 Å². The van der Waals surface area contributed by atoms with Crippen LogP contribution in [0.1, 0.15) is 29.5 Å². The predicted molar refractivity (Wildman–Crippen MR) is 90.2 cm³/mol. The molecule has 4 nitrogen and oxygen atoms in total. The molecule has 2 N–H and O–H groups in total. The van der Waals surface area contributed by atoms with Crippen LogP contribution in [0.15, 0.2) is 30.3 Å². The molecule has 0 radical (unpaired) electrons. The lowest BCUT2D eigenvalue weighted by atomic mass is 9.86. The molecule has 0 saturated carbocycles. The number of pyridine rings is 1. The summed E-state index contributed by atoms with van der Waals surface area (Å²) in [6.07, 6.45) is 4.34. The zero-order valence-electron chi connectivity index (χ0n) is 13.5. The minimum Gasteiger partial charge on any atom is -0.381 e. The van der Waals surface area contributed by atoms with Crippen LogP contribution in [0.5, 0.6) is 0 Å². The molecule has 1 heterocycles. The minimum absolute atomic E-state index is 0.608. The molecule has 0 saturated heterocycles. The van der Waals surface area contributed by atoms with Gasteiger partial charge in [-0.15, -0.1) is 0 Å². The first-order valence-corrected chi connectivity index (χ1v) is 8.14. The molecule has 0 atom stereocenters. The number of nitriles is 1. The maximum Gasteiger partial charge on any atom is 0.291 e. The van der Waals surface area contributed by atoms with E-state index in [1.165, 1.54) is 23.1 Å². The summed E-state index contributed by atoms with van der Waals surface area (Å²) in [6, 6.07) is 12.8. The van der Waals surface area contributed by atoms with Crippen LogP contribution in [0, 0.1) is 11.3 Å². The number of anilines is 1. The van der Waals surface area contributed by atoms with Gasteiger partial charge in [-0.1, -0.05) is 30.3 Å². The maximum atomic E-state index is 9.65. The number of nitrogens with one attached hydrogen (secondary N) is 2. The quantitative estimate of drug-likeness (QED) is 0.864. The second kappa shape index (κ2) is 7.26. The number of ether oxygens (including phenoxy) is 1. The molecule has 1 aliphatic rings. The van der Waals surface area contributed by atoms with E-state index >= 15 is 0 Å². The van der Waals surface area contributed by atoms with Crippen molar-refractivity contribution >= 4 is 5.82 Å². The van der Waals surface area contributed by atoms with Crippen LogP contribution in [-0.2, 0) is 17.6 Å². The van der Waals surface area contributed by atoms with Gasteiger partial charge in [0.05, 0.1) is 6.61 Å². The van der Waals surface area contributed by atoms with Crippen molar-refractivity contribution in [2.75, 3.05) is 25.6 Å². The van der Waals surface area contributed by atoms with Crippen molar-refractivity contribution in [2.45, 2.75) is 25.7 Å². The summed E-state index contributed by atoms with van der Waals surface area (Å²) in [5.74, 6) is 0.809. The second-order valence-electron chi connectivity index (χ2n) is 5.81. The van der Waals surface area contributed by atoms with Crippen LogP contribution in [0.4, 0.5) is 5.82 Å². The summed E-state index contributed by atoms with van der Waals surface area (Å²) in [5, 5.41) is 13.0. The van der Waals surface area contributed by atoms with Crippen molar-refractivity contribution in [1.29, 1.82) is 5.26 Å². The van der Waals surface area contributed by atoms with Gasteiger partial charge in [0.25, 0.3) is 5.82 Å². The fourth-order valence-electron chi connectivity index (χ4n) is 3.26. The lowest BCUT2D eigenvalue weighted by molar-refractivity contribution is -0.348. The fourth-order valence-corrected chi connectivity index (χ4v) is 3.26. The summed E-state index contributed by atoms with van der Waals surface area (Å²) < 4.78 is 5.11.